The summed E-state index contributed by atoms with van der Waals surface area (Å²) >= 11 is 0. The maximum atomic E-state index is 9.23. The molecule has 1 saturated heterocycles. The van der Waals surface area contributed by atoms with Gasteiger partial charge >= 0.3 is 0 Å². The van der Waals surface area contributed by atoms with Crippen molar-refractivity contribution in [1.29, 1.82) is 5.26 Å². The Morgan fingerprint density at radius 1 is 1.41 bits per heavy atom. The van der Waals surface area contributed by atoms with Gasteiger partial charge in [-0.3, -0.25) is 0 Å². The van der Waals surface area contributed by atoms with Gasteiger partial charge in [-0.2, -0.15) is 5.26 Å². The SMILES string of the molecule is Cc1cc(C)c(C#N)c(N2CCC(N)CC2)n1. The highest BCUT2D eigenvalue weighted by Gasteiger charge is 2.20. The van der Waals surface area contributed by atoms with Crippen molar-refractivity contribution in [2.45, 2.75) is 32.7 Å². The minimum Gasteiger partial charge on any atom is -0.355 e. The van der Waals surface area contributed by atoms with Crippen LogP contribution in [0.4, 0.5) is 5.82 Å². The topological polar surface area (TPSA) is 65.9 Å². The largest absolute Gasteiger partial charge is 0.355 e. The molecule has 0 aromatic carbocycles. The van der Waals surface area contributed by atoms with Crippen molar-refractivity contribution in [3.63, 3.8) is 0 Å². The number of hydrogen-bond donors (Lipinski definition) is 1. The third-order valence-corrected chi connectivity index (χ3v) is 3.28. The van der Waals surface area contributed by atoms with Gasteiger partial charge in [0.15, 0.2) is 0 Å². The second kappa shape index (κ2) is 4.72. The molecule has 1 fully saturated rings. The van der Waals surface area contributed by atoms with Crippen LogP contribution in [0.5, 0.6) is 0 Å². The van der Waals surface area contributed by atoms with Crippen LogP contribution in [0.2, 0.25) is 0 Å². The maximum absolute atomic E-state index is 9.23. The molecule has 0 aliphatic carbocycles. The standard InChI is InChI=1S/C13H18N4/c1-9-7-10(2)16-13(12(9)8-14)17-5-3-11(15)4-6-17/h7,11H,3-6,15H2,1-2H3. The predicted molar refractivity (Wildman–Crippen MR) is 67.8 cm³/mol. The molecule has 0 amide bonds. The van der Waals surface area contributed by atoms with Crippen molar-refractivity contribution in [2.75, 3.05) is 18.0 Å². The van der Waals surface area contributed by atoms with E-state index in [0.717, 1.165) is 43.0 Å². The number of hydrogen-bond acceptors (Lipinski definition) is 4. The first-order valence-corrected chi connectivity index (χ1v) is 6.00. The summed E-state index contributed by atoms with van der Waals surface area (Å²) in [6, 6.07) is 4.51. The Hall–Kier alpha value is -1.60. The van der Waals surface area contributed by atoms with E-state index < -0.39 is 0 Å². The fourth-order valence-corrected chi connectivity index (χ4v) is 2.30. The van der Waals surface area contributed by atoms with E-state index in [4.69, 9.17) is 5.73 Å². The van der Waals surface area contributed by atoms with Crippen LogP contribution >= 0.6 is 0 Å². The van der Waals surface area contributed by atoms with E-state index >= 15 is 0 Å². The number of nitriles is 1. The van der Waals surface area contributed by atoms with Crippen molar-refractivity contribution in [3.05, 3.63) is 22.9 Å². The fraction of sp³-hybridized carbons (Fsp3) is 0.538. The molecule has 0 spiro atoms. The van der Waals surface area contributed by atoms with Gasteiger partial charge in [0.05, 0.1) is 5.56 Å². The number of nitrogens with zero attached hydrogens (tertiary/aromatic N) is 3. The van der Waals surface area contributed by atoms with Crippen LogP contribution in [0.15, 0.2) is 6.07 Å². The van der Waals surface area contributed by atoms with Crippen molar-refractivity contribution < 1.29 is 0 Å². The molecule has 90 valence electrons. The lowest BCUT2D eigenvalue weighted by Crippen LogP contribution is -2.40. The number of piperidine rings is 1. The van der Waals surface area contributed by atoms with E-state index in [-0.39, 0.29) is 0 Å². The summed E-state index contributed by atoms with van der Waals surface area (Å²) in [6.45, 7) is 5.72. The van der Waals surface area contributed by atoms with Crippen molar-refractivity contribution in [3.8, 4) is 6.07 Å². The fourth-order valence-electron chi connectivity index (χ4n) is 2.30. The number of aryl methyl sites for hydroxylation is 2. The summed E-state index contributed by atoms with van der Waals surface area (Å²) in [7, 11) is 0. The Bertz CT molecular complexity index is 453. The summed E-state index contributed by atoms with van der Waals surface area (Å²) < 4.78 is 0. The van der Waals surface area contributed by atoms with Crippen molar-refractivity contribution in [1.82, 2.24) is 4.98 Å². The highest BCUT2D eigenvalue weighted by atomic mass is 15.2. The van der Waals surface area contributed by atoms with Crippen LogP contribution < -0.4 is 10.6 Å². The lowest BCUT2D eigenvalue weighted by molar-refractivity contribution is 0.498. The molecule has 2 rings (SSSR count). The van der Waals surface area contributed by atoms with E-state index in [2.05, 4.69) is 16.0 Å². The second-order valence-electron chi connectivity index (χ2n) is 4.72. The number of rotatable bonds is 1. The van der Waals surface area contributed by atoms with Gasteiger partial charge < -0.3 is 10.6 Å². The number of nitrogens with two attached hydrogens (primary N) is 1. The summed E-state index contributed by atoms with van der Waals surface area (Å²) in [4.78, 5) is 6.70. The molecule has 17 heavy (non-hydrogen) atoms. The van der Waals surface area contributed by atoms with Gasteiger partial charge in [-0.1, -0.05) is 0 Å². The molecule has 0 bridgehead atoms. The molecule has 4 heteroatoms. The van der Waals surface area contributed by atoms with Gasteiger partial charge in [-0.25, -0.2) is 4.98 Å². The van der Waals surface area contributed by atoms with Crippen molar-refractivity contribution in [2.24, 2.45) is 5.73 Å². The Morgan fingerprint density at radius 3 is 2.65 bits per heavy atom. The minimum absolute atomic E-state index is 0.294. The van der Waals surface area contributed by atoms with Crippen LogP contribution in [0.1, 0.15) is 29.7 Å². The maximum Gasteiger partial charge on any atom is 0.147 e. The smallest absolute Gasteiger partial charge is 0.147 e. The third-order valence-electron chi connectivity index (χ3n) is 3.28. The van der Waals surface area contributed by atoms with Crippen LogP contribution in [-0.4, -0.2) is 24.1 Å². The first-order valence-electron chi connectivity index (χ1n) is 6.00. The first kappa shape index (κ1) is 11.9. The van der Waals surface area contributed by atoms with Gasteiger partial charge in [0.25, 0.3) is 0 Å². The van der Waals surface area contributed by atoms with E-state index in [0.29, 0.717) is 11.6 Å². The Labute approximate surface area is 102 Å². The average molecular weight is 230 g/mol. The predicted octanol–water partition coefficient (Wildman–Crippen LogP) is 1.50. The van der Waals surface area contributed by atoms with E-state index in [9.17, 15) is 5.26 Å². The minimum atomic E-state index is 0.294. The molecule has 2 heterocycles. The molecule has 2 N–H and O–H groups in total. The summed E-state index contributed by atoms with van der Waals surface area (Å²) in [5.41, 5.74) is 8.56. The molecular formula is C13H18N4. The second-order valence-corrected chi connectivity index (χ2v) is 4.72. The van der Waals surface area contributed by atoms with Gasteiger partial charge in [-0.05, 0) is 38.3 Å². The third kappa shape index (κ3) is 2.40. The van der Waals surface area contributed by atoms with Gasteiger partial charge in [0, 0.05) is 24.8 Å². The Kier molecular flexibility index (Phi) is 3.30. The van der Waals surface area contributed by atoms with Gasteiger partial charge in [0.1, 0.15) is 11.9 Å². The monoisotopic (exact) mass is 230 g/mol. The molecule has 0 radical (unpaired) electrons. The quantitative estimate of drug-likeness (QED) is 0.794. The number of anilines is 1. The zero-order valence-corrected chi connectivity index (χ0v) is 10.4. The Balaban J connectivity index is 2.35. The molecule has 0 unspecified atom stereocenters. The van der Waals surface area contributed by atoms with Crippen LogP contribution in [0, 0.1) is 25.2 Å². The van der Waals surface area contributed by atoms with Crippen LogP contribution in [0.25, 0.3) is 0 Å². The normalized spacial score (nSPS) is 16.9. The van der Waals surface area contributed by atoms with E-state index in [1.165, 1.54) is 0 Å². The first-order chi connectivity index (χ1) is 8.11. The van der Waals surface area contributed by atoms with Crippen molar-refractivity contribution >= 4 is 5.82 Å². The molecular weight excluding hydrogens is 212 g/mol. The summed E-state index contributed by atoms with van der Waals surface area (Å²) in [5, 5.41) is 9.23. The van der Waals surface area contributed by atoms with Crippen LogP contribution in [-0.2, 0) is 0 Å². The molecule has 4 nitrogen and oxygen atoms in total. The summed E-state index contributed by atoms with van der Waals surface area (Å²) in [6.07, 6.45) is 1.94. The average Bonchev–Trinajstić information content (AvgIpc) is 2.29. The zero-order chi connectivity index (χ0) is 12.4. The highest BCUT2D eigenvalue weighted by molar-refractivity contribution is 5.58. The lowest BCUT2D eigenvalue weighted by atomic mass is 10.0. The molecule has 0 atom stereocenters. The number of pyridine rings is 1. The van der Waals surface area contributed by atoms with Gasteiger partial charge in [0.2, 0.25) is 0 Å². The van der Waals surface area contributed by atoms with E-state index in [1.807, 2.05) is 19.9 Å². The molecule has 1 aromatic rings. The highest BCUT2D eigenvalue weighted by Crippen LogP contribution is 2.24. The van der Waals surface area contributed by atoms with Crippen LogP contribution in [0.3, 0.4) is 0 Å². The Morgan fingerprint density at radius 2 is 2.06 bits per heavy atom. The summed E-state index contributed by atoms with van der Waals surface area (Å²) in [5.74, 6) is 0.830. The molecule has 0 saturated carbocycles. The lowest BCUT2D eigenvalue weighted by Gasteiger charge is -2.32. The molecule has 1 aliphatic heterocycles. The molecule has 1 aromatic heterocycles. The zero-order valence-electron chi connectivity index (χ0n) is 10.4. The molecule has 1 aliphatic rings. The number of aromatic nitrogens is 1. The van der Waals surface area contributed by atoms with Gasteiger partial charge in [-0.15, -0.1) is 0 Å². The van der Waals surface area contributed by atoms with E-state index in [1.54, 1.807) is 0 Å².